The van der Waals surface area contributed by atoms with Crippen LogP contribution in [0.3, 0.4) is 0 Å². The molecular formula is C24H29N3O3. The van der Waals surface area contributed by atoms with Crippen LogP contribution in [0.5, 0.6) is 11.5 Å². The molecule has 6 heteroatoms. The first-order valence-electron chi connectivity index (χ1n) is 10.5. The Hall–Kier alpha value is -2.86. The number of fused-ring (bicyclic) bond motifs is 1. The Morgan fingerprint density at radius 1 is 1.13 bits per heavy atom. The Balaban J connectivity index is 1.63. The summed E-state index contributed by atoms with van der Waals surface area (Å²) >= 11 is 0. The van der Waals surface area contributed by atoms with Gasteiger partial charge in [-0.25, -0.2) is 0 Å². The molecule has 0 radical (unpaired) electrons. The first-order chi connectivity index (χ1) is 14.6. The van der Waals surface area contributed by atoms with E-state index in [9.17, 15) is 0 Å². The maximum atomic E-state index is 5.92. The Morgan fingerprint density at radius 2 is 1.97 bits per heavy atom. The van der Waals surface area contributed by atoms with Crippen molar-refractivity contribution in [1.29, 1.82) is 0 Å². The minimum atomic E-state index is 0.171. The fourth-order valence-corrected chi connectivity index (χ4v) is 3.93. The number of nitrogens with zero attached hydrogens (tertiary/aromatic N) is 3. The summed E-state index contributed by atoms with van der Waals surface area (Å²) in [6.07, 6.45) is 1.71. The molecule has 0 aliphatic carbocycles. The van der Waals surface area contributed by atoms with Crippen molar-refractivity contribution in [3.63, 3.8) is 0 Å². The highest BCUT2D eigenvalue weighted by Gasteiger charge is 2.29. The number of aromatic nitrogens is 2. The summed E-state index contributed by atoms with van der Waals surface area (Å²) in [5.74, 6) is 3.66. The minimum absolute atomic E-state index is 0.171. The lowest BCUT2D eigenvalue weighted by molar-refractivity contribution is 0.113. The van der Waals surface area contributed by atoms with Gasteiger partial charge in [0, 0.05) is 31.0 Å². The molecule has 0 saturated heterocycles. The van der Waals surface area contributed by atoms with Gasteiger partial charge in [-0.3, -0.25) is 4.90 Å². The Bertz CT molecular complexity index is 955. The van der Waals surface area contributed by atoms with Crippen LogP contribution in [0.15, 0.2) is 53.1 Å². The quantitative estimate of drug-likeness (QED) is 0.534. The Kier molecular flexibility index (Phi) is 6.33. The maximum absolute atomic E-state index is 5.92. The number of hydrogen-bond acceptors (Lipinski definition) is 6. The molecule has 1 aliphatic rings. The van der Waals surface area contributed by atoms with Crippen LogP contribution < -0.4 is 9.47 Å². The molecule has 0 bridgehead atoms. The fraction of sp³-hybridized carbons (Fsp3) is 0.417. The van der Waals surface area contributed by atoms with Crippen molar-refractivity contribution in [2.24, 2.45) is 5.92 Å². The van der Waals surface area contributed by atoms with Crippen molar-refractivity contribution in [3.05, 3.63) is 71.4 Å². The van der Waals surface area contributed by atoms with Crippen LogP contribution in [0.25, 0.3) is 0 Å². The summed E-state index contributed by atoms with van der Waals surface area (Å²) in [5.41, 5.74) is 2.38. The van der Waals surface area contributed by atoms with Gasteiger partial charge in [-0.1, -0.05) is 49.3 Å². The van der Waals surface area contributed by atoms with Gasteiger partial charge in [0.05, 0.1) is 20.3 Å². The van der Waals surface area contributed by atoms with Crippen molar-refractivity contribution in [2.75, 3.05) is 13.7 Å². The van der Waals surface area contributed by atoms with Gasteiger partial charge >= 0.3 is 0 Å². The van der Waals surface area contributed by atoms with Gasteiger partial charge < -0.3 is 14.0 Å². The molecule has 0 saturated carbocycles. The molecule has 0 unspecified atom stereocenters. The zero-order valence-electron chi connectivity index (χ0n) is 17.9. The topological polar surface area (TPSA) is 60.6 Å². The van der Waals surface area contributed by atoms with Crippen molar-refractivity contribution in [1.82, 2.24) is 15.0 Å². The monoisotopic (exact) mass is 407 g/mol. The van der Waals surface area contributed by atoms with Crippen molar-refractivity contribution < 1.29 is 14.0 Å². The summed E-state index contributed by atoms with van der Waals surface area (Å²) < 4.78 is 17.0. The Labute approximate surface area is 177 Å². The number of ether oxygens (including phenoxy) is 2. The van der Waals surface area contributed by atoms with Crippen LogP contribution in [0.2, 0.25) is 0 Å². The van der Waals surface area contributed by atoms with Crippen molar-refractivity contribution in [3.8, 4) is 11.5 Å². The van der Waals surface area contributed by atoms with Gasteiger partial charge in [0.15, 0.2) is 5.82 Å². The third-order valence-electron chi connectivity index (χ3n) is 5.33. The molecule has 1 aliphatic heterocycles. The van der Waals surface area contributed by atoms with E-state index in [2.05, 4.69) is 59.2 Å². The standard InChI is InChI=1S/C24H29N3O3/c1-17(2)13-23-25-24(30-26-23)16-27(15-18-7-5-4-6-8-18)21-11-12-29-22-10-9-19(28-3)14-20(21)22/h4-10,14,17,21H,11-13,15-16H2,1-3H3/t21-/m1/s1. The predicted molar refractivity (Wildman–Crippen MR) is 114 cm³/mol. The average molecular weight is 408 g/mol. The van der Waals surface area contributed by atoms with Crippen LogP contribution in [-0.2, 0) is 19.5 Å². The maximum Gasteiger partial charge on any atom is 0.240 e. The number of hydrogen-bond donors (Lipinski definition) is 0. The van der Waals surface area contributed by atoms with E-state index in [1.165, 1.54) is 5.56 Å². The molecule has 0 N–H and O–H groups in total. The molecule has 3 aromatic rings. The largest absolute Gasteiger partial charge is 0.497 e. The molecule has 2 aromatic carbocycles. The number of rotatable bonds is 8. The number of methoxy groups -OCH3 is 1. The summed E-state index contributed by atoms with van der Waals surface area (Å²) in [6.45, 7) is 6.36. The molecule has 2 heterocycles. The summed E-state index contributed by atoms with van der Waals surface area (Å²) in [5, 5.41) is 4.18. The fourth-order valence-electron chi connectivity index (χ4n) is 3.93. The minimum Gasteiger partial charge on any atom is -0.497 e. The number of benzene rings is 2. The first kappa shape index (κ1) is 20.4. The molecule has 0 fully saturated rings. The van der Waals surface area contributed by atoms with Gasteiger partial charge in [-0.2, -0.15) is 4.98 Å². The van der Waals surface area contributed by atoms with E-state index in [1.807, 2.05) is 18.2 Å². The zero-order valence-corrected chi connectivity index (χ0v) is 17.9. The van der Waals surface area contributed by atoms with Crippen LogP contribution in [0, 0.1) is 5.92 Å². The highest BCUT2D eigenvalue weighted by Crippen LogP contribution is 2.39. The smallest absolute Gasteiger partial charge is 0.240 e. The molecule has 1 aromatic heterocycles. The molecule has 0 amide bonds. The normalized spacial score (nSPS) is 15.8. The lowest BCUT2D eigenvalue weighted by atomic mass is 9.97. The first-order valence-corrected chi connectivity index (χ1v) is 10.5. The van der Waals surface area contributed by atoms with E-state index in [4.69, 9.17) is 14.0 Å². The molecule has 0 spiro atoms. The van der Waals surface area contributed by atoms with Gasteiger partial charge in [0.2, 0.25) is 5.89 Å². The van der Waals surface area contributed by atoms with E-state index in [0.717, 1.165) is 42.3 Å². The lowest BCUT2D eigenvalue weighted by Gasteiger charge is -2.35. The van der Waals surface area contributed by atoms with Crippen molar-refractivity contribution in [2.45, 2.75) is 45.8 Å². The zero-order chi connectivity index (χ0) is 20.9. The van der Waals surface area contributed by atoms with E-state index in [1.54, 1.807) is 7.11 Å². The molecule has 30 heavy (non-hydrogen) atoms. The van der Waals surface area contributed by atoms with Gasteiger partial charge in [0.25, 0.3) is 0 Å². The second-order valence-electron chi connectivity index (χ2n) is 8.15. The van der Waals surface area contributed by atoms with Gasteiger partial charge in [-0.05, 0) is 29.7 Å². The highest BCUT2D eigenvalue weighted by atomic mass is 16.5. The summed E-state index contributed by atoms with van der Waals surface area (Å²) in [7, 11) is 1.69. The third-order valence-corrected chi connectivity index (χ3v) is 5.33. The summed E-state index contributed by atoms with van der Waals surface area (Å²) in [4.78, 5) is 7.03. The second kappa shape index (κ2) is 9.30. The molecule has 158 valence electrons. The van der Waals surface area contributed by atoms with Crippen molar-refractivity contribution >= 4 is 0 Å². The van der Waals surface area contributed by atoms with E-state index in [-0.39, 0.29) is 6.04 Å². The van der Waals surface area contributed by atoms with Crippen LogP contribution in [-0.4, -0.2) is 28.8 Å². The SMILES string of the molecule is COc1ccc2c(c1)[C@H](N(Cc1ccccc1)Cc1nc(CC(C)C)no1)CCO2. The van der Waals surface area contributed by atoms with E-state index >= 15 is 0 Å². The third kappa shape index (κ3) is 4.82. The summed E-state index contributed by atoms with van der Waals surface area (Å²) in [6, 6.07) is 16.7. The van der Waals surface area contributed by atoms with Gasteiger partial charge in [0.1, 0.15) is 11.5 Å². The second-order valence-corrected chi connectivity index (χ2v) is 8.15. The molecule has 6 nitrogen and oxygen atoms in total. The van der Waals surface area contributed by atoms with Crippen LogP contribution in [0.1, 0.15) is 49.2 Å². The molecule has 4 rings (SSSR count). The average Bonchev–Trinajstić information content (AvgIpc) is 3.19. The van der Waals surface area contributed by atoms with E-state index in [0.29, 0.717) is 25.0 Å². The predicted octanol–water partition coefficient (Wildman–Crippen LogP) is 4.80. The lowest BCUT2D eigenvalue weighted by Crippen LogP contribution is -2.32. The highest BCUT2D eigenvalue weighted by molar-refractivity contribution is 5.43. The Morgan fingerprint density at radius 3 is 2.73 bits per heavy atom. The van der Waals surface area contributed by atoms with Crippen LogP contribution >= 0.6 is 0 Å². The van der Waals surface area contributed by atoms with E-state index < -0.39 is 0 Å². The van der Waals surface area contributed by atoms with Crippen LogP contribution in [0.4, 0.5) is 0 Å². The molecular weight excluding hydrogens is 378 g/mol. The molecule has 1 atom stereocenters. The van der Waals surface area contributed by atoms with Gasteiger partial charge in [-0.15, -0.1) is 0 Å².